The van der Waals surface area contributed by atoms with Gasteiger partial charge in [0.25, 0.3) is 0 Å². The van der Waals surface area contributed by atoms with Crippen LogP contribution in [0.5, 0.6) is 0 Å². The number of piperazine rings is 1. The van der Waals surface area contributed by atoms with Crippen molar-refractivity contribution in [2.75, 3.05) is 26.2 Å². The lowest BCUT2D eigenvalue weighted by Crippen LogP contribution is -2.53. The first kappa shape index (κ1) is 12.4. The van der Waals surface area contributed by atoms with E-state index >= 15 is 0 Å². The van der Waals surface area contributed by atoms with Crippen molar-refractivity contribution < 1.29 is 0 Å². The maximum absolute atomic E-state index is 3.64. The van der Waals surface area contributed by atoms with E-state index in [1.165, 1.54) is 58.3 Å². The second-order valence-electron chi connectivity index (χ2n) is 6.07. The van der Waals surface area contributed by atoms with E-state index in [0.29, 0.717) is 0 Å². The number of nitrogens with zero attached hydrogens (tertiary/aromatic N) is 1. The Morgan fingerprint density at radius 1 is 1.19 bits per heavy atom. The zero-order valence-electron chi connectivity index (χ0n) is 11.0. The van der Waals surface area contributed by atoms with Gasteiger partial charge < -0.3 is 10.2 Å². The number of hydrogen-bond donors (Lipinski definition) is 1. The summed E-state index contributed by atoms with van der Waals surface area (Å²) in [6.45, 7) is 9.76. The van der Waals surface area contributed by atoms with Gasteiger partial charge in [-0.3, -0.25) is 0 Å². The van der Waals surface area contributed by atoms with Gasteiger partial charge in [-0.1, -0.05) is 33.1 Å². The van der Waals surface area contributed by atoms with Crippen molar-refractivity contribution >= 4 is 0 Å². The van der Waals surface area contributed by atoms with Gasteiger partial charge in [0, 0.05) is 32.2 Å². The molecule has 94 valence electrons. The van der Waals surface area contributed by atoms with E-state index in [-0.39, 0.29) is 0 Å². The summed E-state index contributed by atoms with van der Waals surface area (Å²) in [5.74, 6) is 1.77. The Morgan fingerprint density at radius 2 is 1.94 bits per heavy atom. The molecular formula is C14H28N2. The molecule has 2 nitrogen and oxygen atoms in total. The lowest BCUT2D eigenvalue weighted by atomic mass is 9.88. The highest BCUT2D eigenvalue weighted by Gasteiger charge is 2.24. The molecule has 0 aromatic carbocycles. The maximum Gasteiger partial charge on any atom is 0.0218 e. The molecule has 2 aliphatic rings. The Bertz CT molecular complexity index is 197. The van der Waals surface area contributed by atoms with Gasteiger partial charge in [-0.05, 0) is 24.7 Å². The molecule has 1 aliphatic heterocycles. The van der Waals surface area contributed by atoms with Crippen molar-refractivity contribution in [3.63, 3.8) is 0 Å². The molecule has 1 N–H and O–H groups in total. The highest BCUT2D eigenvalue weighted by atomic mass is 15.2. The summed E-state index contributed by atoms with van der Waals surface area (Å²) < 4.78 is 0. The summed E-state index contributed by atoms with van der Waals surface area (Å²) in [7, 11) is 0. The molecule has 2 fully saturated rings. The van der Waals surface area contributed by atoms with Crippen LogP contribution >= 0.6 is 0 Å². The molecule has 0 spiro atoms. The van der Waals surface area contributed by atoms with E-state index < -0.39 is 0 Å². The fraction of sp³-hybridized carbons (Fsp3) is 1.00. The summed E-state index contributed by atoms with van der Waals surface area (Å²) in [6.07, 6.45) is 7.40. The molecule has 1 atom stereocenters. The van der Waals surface area contributed by atoms with Crippen LogP contribution in [-0.2, 0) is 0 Å². The molecule has 2 rings (SSSR count). The minimum Gasteiger partial charge on any atom is -0.311 e. The monoisotopic (exact) mass is 224 g/mol. The Kier molecular flexibility index (Phi) is 4.66. The lowest BCUT2D eigenvalue weighted by Gasteiger charge is -2.38. The molecule has 1 heterocycles. The van der Waals surface area contributed by atoms with E-state index in [9.17, 15) is 0 Å². The molecule has 1 saturated heterocycles. The molecule has 1 saturated carbocycles. The highest BCUT2D eigenvalue weighted by molar-refractivity contribution is 4.82. The van der Waals surface area contributed by atoms with E-state index in [1.807, 2.05) is 0 Å². The molecule has 0 bridgehead atoms. The van der Waals surface area contributed by atoms with E-state index in [2.05, 4.69) is 24.1 Å². The second kappa shape index (κ2) is 6.02. The van der Waals surface area contributed by atoms with Crippen molar-refractivity contribution in [3.05, 3.63) is 0 Å². The summed E-state index contributed by atoms with van der Waals surface area (Å²) in [4.78, 5) is 2.71. The molecular weight excluding hydrogens is 196 g/mol. The fourth-order valence-corrected chi connectivity index (χ4v) is 3.19. The standard InChI is InChI=1S/C14H28N2/c1-12(2)14-11-16(9-8-15-14)10-13-6-4-3-5-7-13/h12-15H,3-11H2,1-2H3. The van der Waals surface area contributed by atoms with Crippen molar-refractivity contribution in [2.24, 2.45) is 11.8 Å². The van der Waals surface area contributed by atoms with Crippen LogP contribution < -0.4 is 5.32 Å². The Balaban J connectivity index is 1.75. The van der Waals surface area contributed by atoms with Crippen LogP contribution in [0.2, 0.25) is 0 Å². The number of nitrogens with one attached hydrogen (secondary N) is 1. The minimum absolute atomic E-state index is 0.720. The third-order valence-electron chi connectivity index (χ3n) is 4.34. The van der Waals surface area contributed by atoms with Gasteiger partial charge in [0.15, 0.2) is 0 Å². The zero-order valence-corrected chi connectivity index (χ0v) is 11.0. The number of rotatable bonds is 3. The van der Waals surface area contributed by atoms with Crippen LogP contribution in [0, 0.1) is 11.8 Å². The third-order valence-corrected chi connectivity index (χ3v) is 4.34. The van der Waals surface area contributed by atoms with Crippen LogP contribution in [0.1, 0.15) is 46.0 Å². The van der Waals surface area contributed by atoms with Crippen LogP contribution in [0.15, 0.2) is 0 Å². The summed E-state index contributed by atoms with van der Waals surface area (Å²) in [5.41, 5.74) is 0. The molecule has 1 aliphatic carbocycles. The van der Waals surface area contributed by atoms with Crippen molar-refractivity contribution in [3.8, 4) is 0 Å². The highest BCUT2D eigenvalue weighted by Crippen LogP contribution is 2.25. The SMILES string of the molecule is CC(C)C1CN(CC2CCCCC2)CCN1. The summed E-state index contributed by atoms with van der Waals surface area (Å²) in [5, 5.41) is 3.64. The smallest absolute Gasteiger partial charge is 0.0218 e. The normalized spacial score (nSPS) is 29.8. The van der Waals surface area contributed by atoms with Gasteiger partial charge in [-0.25, -0.2) is 0 Å². The van der Waals surface area contributed by atoms with Gasteiger partial charge in [0.05, 0.1) is 0 Å². The van der Waals surface area contributed by atoms with Gasteiger partial charge >= 0.3 is 0 Å². The predicted molar refractivity (Wildman–Crippen MR) is 69.6 cm³/mol. The van der Waals surface area contributed by atoms with Crippen molar-refractivity contribution in [1.82, 2.24) is 10.2 Å². The van der Waals surface area contributed by atoms with Crippen molar-refractivity contribution in [1.29, 1.82) is 0 Å². The Labute approximate surface area is 101 Å². The first-order valence-corrected chi connectivity index (χ1v) is 7.21. The summed E-state index contributed by atoms with van der Waals surface area (Å²) in [6, 6.07) is 0.720. The van der Waals surface area contributed by atoms with Crippen LogP contribution in [0.25, 0.3) is 0 Å². The average molecular weight is 224 g/mol. The Morgan fingerprint density at radius 3 is 2.62 bits per heavy atom. The largest absolute Gasteiger partial charge is 0.311 e. The molecule has 0 radical (unpaired) electrons. The average Bonchev–Trinajstić information content (AvgIpc) is 2.30. The van der Waals surface area contributed by atoms with E-state index in [4.69, 9.17) is 0 Å². The predicted octanol–water partition coefficient (Wildman–Crippen LogP) is 2.50. The summed E-state index contributed by atoms with van der Waals surface area (Å²) >= 11 is 0. The molecule has 1 unspecified atom stereocenters. The maximum atomic E-state index is 3.64. The van der Waals surface area contributed by atoms with E-state index in [1.54, 1.807) is 0 Å². The third kappa shape index (κ3) is 3.46. The van der Waals surface area contributed by atoms with Crippen molar-refractivity contribution in [2.45, 2.75) is 52.0 Å². The molecule has 16 heavy (non-hydrogen) atoms. The zero-order chi connectivity index (χ0) is 11.4. The number of hydrogen-bond acceptors (Lipinski definition) is 2. The van der Waals surface area contributed by atoms with Gasteiger partial charge in [0.2, 0.25) is 0 Å². The molecule has 2 heteroatoms. The van der Waals surface area contributed by atoms with Crippen LogP contribution in [-0.4, -0.2) is 37.1 Å². The second-order valence-corrected chi connectivity index (χ2v) is 6.07. The fourth-order valence-electron chi connectivity index (χ4n) is 3.19. The first-order valence-electron chi connectivity index (χ1n) is 7.21. The van der Waals surface area contributed by atoms with Crippen LogP contribution in [0.4, 0.5) is 0 Å². The van der Waals surface area contributed by atoms with Gasteiger partial charge in [-0.15, -0.1) is 0 Å². The van der Waals surface area contributed by atoms with E-state index in [0.717, 1.165) is 17.9 Å². The topological polar surface area (TPSA) is 15.3 Å². The molecule has 0 aromatic heterocycles. The van der Waals surface area contributed by atoms with Gasteiger partial charge in [0.1, 0.15) is 0 Å². The molecule has 0 aromatic rings. The lowest BCUT2D eigenvalue weighted by molar-refractivity contribution is 0.140. The minimum atomic E-state index is 0.720. The quantitative estimate of drug-likeness (QED) is 0.792. The molecule has 0 amide bonds. The first-order chi connectivity index (χ1) is 7.75. The van der Waals surface area contributed by atoms with Crippen LogP contribution in [0.3, 0.4) is 0 Å². The van der Waals surface area contributed by atoms with Gasteiger partial charge in [-0.2, -0.15) is 0 Å². The Hall–Kier alpha value is -0.0800.